The van der Waals surface area contributed by atoms with Crippen LogP contribution in [0.25, 0.3) is 0 Å². The van der Waals surface area contributed by atoms with E-state index in [-0.39, 0.29) is 5.75 Å². The fraction of sp³-hybridized carbons (Fsp3) is 0.625. The highest BCUT2D eigenvalue weighted by Gasteiger charge is 2.07. The lowest BCUT2D eigenvalue weighted by molar-refractivity contribution is 0.477. The molecule has 1 rings (SSSR count). The van der Waals surface area contributed by atoms with Crippen molar-refractivity contribution >= 4 is 20.9 Å². The molecule has 0 saturated heterocycles. The molecule has 0 saturated carbocycles. The first-order valence-corrected chi connectivity index (χ1v) is 7.86. The largest absolute Gasteiger partial charge is 0.324 e. The molecular formula is C8H14N2O4S2. The summed E-state index contributed by atoms with van der Waals surface area (Å²) in [6.07, 6.45) is 5.74. The summed E-state index contributed by atoms with van der Waals surface area (Å²) in [6.45, 7) is 0.546. The summed E-state index contributed by atoms with van der Waals surface area (Å²) in [6, 6.07) is 0. The molecule has 1 unspecified atom stereocenters. The molecule has 1 aromatic heterocycles. The van der Waals surface area contributed by atoms with E-state index in [1.54, 1.807) is 17.0 Å². The van der Waals surface area contributed by atoms with Crippen LogP contribution in [0.1, 0.15) is 12.8 Å². The molecule has 1 atom stereocenters. The Morgan fingerprint density at radius 3 is 2.75 bits per heavy atom. The first-order valence-electron chi connectivity index (χ1n) is 4.70. The van der Waals surface area contributed by atoms with Crippen molar-refractivity contribution in [3.05, 3.63) is 12.4 Å². The van der Waals surface area contributed by atoms with E-state index in [4.69, 9.17) is 4.55 Å². The van der Waals surface area contributed by atoms with Gasteiger partial charge in [-0.2, -0.15) is 8.42 Å². The van der Waals surface area contributed by atoms with Gasteiger partial charge in [0.1, 0.15) is 0 Å². The Bertz CT molecular complexity index is 466. The van der Waals surface area contributed by atoms with Crippen LogP contribution in [-0.4, -0.2) is 38.7 Å². The van der Waals surface area contributed by atoms with Crippen LogP contribution in [0.3, 0.4) is 0 Å². The third-order valence-corrected chi connectivity index (χ3v) is 3.64. The van der Waals surface area contributed by atoms with Crippen molar-refractivity contribution in [2.75, 3.05) is 12.0 Å². The highest BCUT2D eigenvalue weighted by Crippen LogP contribution is 2.05. The molecule has 1 aromatic rings. The summed E-state index contributed by atoms with van der Waals surface area (Å²) >= 11 is 0. The lowest BCUT2D eigenvalue weighted by Crippen LogP contribution is -2.07. The fourth-order valence-electron chi connectivity index (χ4n) is 1.29. The molecule has 0 fully saturated rings. The summed E-state index contributed by atoms with van der Waals surface area (Å²) in [7, 11) is -5.02. The average molecular weight is 266 g/mol. The number of nitrogens with zero attached hydrogens (tertiary/aromatic N) is 2. The van der Waals surface area contributed by atoms with Crippen molar-refractivity contribution in [3.8, 4) is 0 Å². The van der Waals surface area contributed by atoms with Gasteiger partial charge in [0, 0.05) is 25.2 Å². The van der Waals surface area contributed by atoms with E-state index in [1.165, 1.54) is 6.26 Å². The van der Waals surface area contributed by atoms with Crippen LogP contribution in [0.5, 0.6) is 0 Å². The van der Waals surface area contributed by atoms with Gasteiger partial charge in [0.05, 0.1) is 16.6 Å². The Balaban J connectivity index is 2.43. The van der Waals surface area contributed by atoms with Crippen molar-refractivity contribution in [2.45, 2.75) is 24.5 Å². The number of unbranched alkanes of at least 4 members (excludes halogenated alkanes) is 1. The molecule has 0 spiro atoms. The number of hydrogen-bond donors (Lipinski definition) is 1. The minimum absolute atomic E-state index is 0.244. The van der Waals surface area contributed by atoms with Crippen molar-refractivity contribution < 1.29 is 17.2 Å². The monoisotopic (exact) mass is 266 g/mol. The van der Waals surface area contributed by atoms with Gasteiger partial charge in [-0.3, -0.25) is 8.76 Å². The predicted molar refractivity (Wildman–Crippen MR) is 60.2 cm³/mol. The molecule has 0 aliphatic heterocycles. The Labute approximate surface area is 96.9 Å². The molecule has 0 aromatic carbocycles. The van der Waals surface area contributed by atoms with Crippen LogP contribution in [0.4, 0.5) is 0 Å². The molecule has 0 radical (unpaired) electrons. The molecule has 16 heavy (non-hydrogen) atoms. The van der Waals surface area contributed by atoms with Crippen LogP contribution in [0.2, 0.25) is 0 Å². The lowest BCUT2D eigenvalue weighted by Gasteiger charge is -2.04. The summed E-state index contributed by atoms with van der Waals surface area (Å²) in [5.74, 6) is -0.244. The smallest absolute Gasteiger partial charge is 0.264 e. The summed E-state index contributed by atoms with van der Waals surface area (Å²) < 4.78 is 42.4. The van der Waals surface area contributed by atoms with Gasteiger partial charge in [0.15, 0.2) is 5.16 Å². The molecule has 1 heterocycles. The summed E-state index contributed by atoms with van der Waals surface area (Å²) in [5, 5.41) is 0.479. The second-order valence-corrected chi connectivity index (χ2v) is 6.20. The van der Waals surface area contributed by atoms with E-state index in [1.807, 2.05) is 0 Å². The van der Waals surface area contributed by atoms with Crippen molar-refractivity contribution in [3.63, 3.8) is 0 Å². The zero-order chi connectivity index (χ0) is 12.2. The van der Waals surface area contributed by atoms with E-state index in [9.17, 15) is 12.6 Å². The number of aryl methyl sites for hydroxylation is 1. The van der Waals surface area contributed by atoms with Crippen LogP contribution in [0.15, 0.2) is 17.6 Å². The van der Waals surface area contributed by atoms with Crippen molar-refractivity contribution in [2.24, 2.45) is 0 Å². The predicted octanol–water partition coefficient (Wildman–Crippen LogP) is 0.289. The average Bonchev–Trinajstić information content (AvgIpc) is 2.58. The second kappa shape index (κ2) is 5.55. The van der Waals surface area contributed by atoms with Gasteiger partial charge in [-0.25, -0.2) is 4.98 Å². The van der Waals surface area contributed by atoms with Gasteiger partial charge >= 0.3 is 0 Å². The maximum atomic E-state index is 11.2. The first kappa shape index (κ1) is 13.3. The number of hydrogen-bond acceptors (Lipinski definition) is 4. The summed E-state index contributed by atoms with van der Waals surface area (Å²) in [5.41, 5.74) is 0. The highest BCUT2D eigenvalue weighted by molar-refractivity contribution is 7.85. The molecule has 6 nitrogen and oxygen atoms in total. The highest BCUT2D eigenvalue weighted by atomic mass is 32.2. The quantitative estimate of drug-likeness (QED) is 0.590. The molecule has 0 bridgehead atoms. The summed E-state index contributed by atoms with van der Waals surface area (Å²) in [4.78, 5) is 3.94. The standard InChI is InChI=1S/C8H14N2O4S2/c1-15(11)8-9-4-6-10(8)5-2-3-7-16(12,13)14/h4,6H,2-3,5,7H2,1H3,(H,12,13,14). The van der Waals surface area contributed by atoms with Gasteiger partial charge in [-0.1, -0.05) is 0 Å². The van der Waals surface area contributed by atoms with Gasteiger partial charge in [0.25, 0.3) is 10.1 Å². The molecule has 1 N–H and O–H groups in total. The molecular weight excluding hydrogens is 252 g/mol. The number of imidazole rings is 1. The van der Waals surface area contributed by atoms with Crippen LogP contribution < -0.4 is 0 Å². The fourth-order valence-corrected chi connectivity index (χ4v) is 2.55. The van der Waals surface area contributed by atoms with Gasteiger partial charge in [0.2, 0.25) is 0 Å². The molecule has 92 valence electrons. The number of aromatic nitrogens is 2. The van der Waals surface area contributed by atoms with Gasteiger partial charge in [-0.05, 0) is 12.8 Å². The zero-order valence-electron chi connectivity index (χ0n) is 8.87. The maximum absolute atomic E-state index is 11.2. The Hall–Kier alpha value is -0.730. The third-order valence-electron chi connectivity index (χ3n) is 1.99. The van der Waals surface area contributed by atoms with Crippen molar-refractivity contribution in [1.82, 2.24) is 9.55 Å². The third kappa shape index (κ3) is 4.42. The van der Waals surface area contributed by atoms with E-state index in [0.717, 1.165) is 0 Å². The van der Waals surface area contributed by atoms with Gasteiger partial charge in [-0.15, -0.1) is 0 Å². The van der Waals surface area contributed by atoms with E-state index >= 15 is 0 Å². The first-order chi connectivity index (χ1) is 7.40. The lowest BCUT2D eigenvalue weighted by atomic mass is 10.3. The normalized spacial score (nSPS) is 13.9. The van der Waals surface area contributed by atoms with E-state index in [2.05, 4.69) is 4.98 Å². The minimum atomic E-state index is -3.88. The minimum Gasteiger partial charge on any atom is -0.324 e. The van der Waals surface area contributed by atoms with E-state index < -0.39 is 20.9 Å². The van der Waals surface area contributed by atoms with Crippen LogP contribution >= 0.6 is 0 Å². The Morgan fingerprint density at radius 2 is 2.19 bits per heavy atom. The Kier molecular flexibility index (Phi) is 4.63. The van der Waals surface area contributed by atoms with Crippen LogP contribution in [0, 0.1) is 0 Å². The SMILES string of the molecule is CS(=O)c1nccn1CCCCS(=O)(=O)O. The van der Waals surface area contributed by atoms with Gasteiger partial charge < -0.3 is 4.57 Å². The van der Waals surface area contributed by atoms with E-state index in [0.29, 0.717) is 24.5 Å². The maximum Gasteiger partial charge on any atom is 0.264 e. The molecule has 8 heteroatoms. The zero-order valence-corrected chi connectivity index (χ0v) is 10.5. The number of rotatable bonds is 6. The molecule has 0 amide bonds. The topological polar surface area (TPSA) is 89.3 Å². The Morgan fingerprint density at radius 1 is 1.50 bits per heavy atom. The molecule has 0 aliphatic carbocycles. The van der Waals surface area contributed by atoms with Crippen LogP contribution in [-0.2, 0) is 27.5 Å². The molecule has 0 aliphatic rings. The second-order valence-electron chi connectivity index (χ2n) is 3.35. The van der Waals surface area contributed by atoms with Crippen molar-refractivity contribution in [1.29, 1.82) is 0 Å².